The van der Waals surface area contributed by atoms with Crippen molar-refractivity contribution in [1.29, 1.82) is 0 Å². The van der Waals surface area contributed by atoms with Crippen LogP contribution in [0, 0.1) is 0 Å². The van der Waals surface area contributed by atoms with E-state index in [0.29, 0.717) is 0 Å². The van der Waals surface area contributed by atoms with Gasteiger partial charge in [-0.15, -0.1) is 0 Å². The zero-order valence-corrected chi connectivity index (χ0v) is 6.68. The summed E-state index contributed by atoms with van der Waals surface area (Å²) in [7, 11) is 0. The summed E-state index contributed by atoms with van der Waals surface area (Å²) in [5.41, 5.74) is 0. The Kier molecular flexibility index (Phi) is 1.88. The van der Waals surface area contributed by atoms with Gasteiger partial charge in [-0.3, -0.25) is 0 Å². The molecule has 1 N–H and O–H groups in total. The third-order valence-electron chi connectivity index (χ3n) is 2.10. The van der Waals surface area contributed by atoms with Gasteiger partial charge < -0.3 is 15.0 Å². The summed E-state index contributed by atoms with van der Waals surface area (Å²) in [5, 5.41) is 3.18. The number of nitrogens with one attached hydrogen (secondary N) is 1. The topological polar surface area (TPSA) is 24.5 Å². The van der Waals surface area contributed by atoms with Crippen LogP contribution < -0.4 is 5.32 Å². The number of nitrogens with zero attached hydrogens (tertiary/aromatic N) is 1. The van der Waals surface area contributed by atoms with Crippen LogP contribution in [0.2, 0.25) is 0 Å². The standard InChI is InChI=1S/C8H14N2O/c1-2-5-10(4-1)7-8-9-3-6-11-8/h7,9H,1-6H2. The van der Waals surface area contributed by atoms with Gasteiger partial charge in [0.15, 0.2) is 0 Å². The summed E-state index contributed by atoms with van der Waals surface area (Å²) >= 11 is 0. The second-order valence-electron chi connectivity index (χ2n) is 3.01. The molecule has 2 saturated heterocycles. The predicted octanol–water partition coefficient (Wildman–Crippen LogP) is 0.501. The van der Waals surface area contributed by atoms with E-state index in [1.165, 1.54) is 25.9 Å². The molecule has 3 heteroatoms. The smallest absolute Gasteiger partial charge is 0.203 e. The molecule has 0 unspecified atom stereocenters. The molecule has 0 atom stereocenters. The first kappa shape index (κ1) is 6.83. The SMILES string of the molecule is C(=C1NCCO1)N1CCCC1. The predicted molar refractivity (Wildman–Crippen MR) is 42.8 cm³/mol. The van der Waals surface area contributed by atoms with Crippen LogP contribution in [0.15, 0.2) is 12.1 Å². The molecule has 0 spiro atoms. The molecular weight excluding hydrogens is 140 g/mol. The Labute approximate surface area is 67.0 Å². The Morgan fingerprint density at radius 1 is 1.36 bits per heavy atom. The third-order valence-corrected chi connectivity index (χ3v) is 2.10. The lowest BCUT2D eigenvalue weighted by Crippen LogP contribution is -2.15. The second kappa shape index (κ2) is 3.03. The summed E-state index contributed by atoms with van der Waals surface area (Å²) in [4.78, 5) is 2.31. The van der Waals surface area contributed by atoms with Crippen molar-refractivity contribution in [3.05, 3.63) is 12.1 Å². The molecule has 0 aliphatic carbocycles. The molecule has 11 heavy (non-hydrogen) atoms. The van der Waals surface area contributed by atoms with E-state index in [0.717, 1.165) is 19.0 Å². The van der Waals surface area contributed by atoms with Crippen LogP contribution in [0.25, 0.3) is 0 Å². The van der Waals surface area contributed by atoms with Gasteiger partial charge in [-0.2, -0.15) is 0 Å². The summed E-state index contributed by atoms with van der Waals surface area (Å²) in [6.45, 7) is 4.16. The highest BCUT2D eigenvalue weighted by Crippen LogP contribution is 2.10. The van der Waals surface area contributed by atoms with E-state index in [9.17, 15) is 0 Å². The van der Waals surface area contributed by atoms with Crippen LogP contribution in [-0.2, 0) is 4.74 Å². The van der Waals surface area contributed by atoms with Crippen LogP contribution in [-0.4, -0.2) is 31.1 Å². The molecule has 2 rings (SSSR count). The minimum absolute atomic E-state index is 0.819. The van der Waals surface area contributed by atoms with E-state index in [1.54, 1.807) is 0 Å². The van der Waals surface area contributed by atoms with Crippen molar-refractivity contribution in [2.24, 2.45) is 0 Å². The minimum atomic E-state index is 0.819. The maximum atomic E-state index is 5.32. The van der Waals surface area contributed by atoms with E-state index >= 15 is 0 Å². The van der Waals surface area contributed by atoms with Gasteiger partial charge in [0.25, 0.3) is 0 Å². The van der Waals surface area contributed by atoms with Gasteiger partial charge in [0, 0.05) is 13.1 Å². The van der Waals surface area contributed by atoms with Gasteiger partial charge >= 0.3 is 0 Å². The van der Waals surface area contributed by atoms with Crippen LogP contribution >= 0.6 is 0 Å². The maximum absolute atomic E-state index is 5.32. The maximum Gasteiger partial charge on any atom is 0.203 e. The molecule has 3 nitrogen and oxygen atoms in total. The van der Waals surface area contributed by atoms with Crippen LogP contribution in [0.1, 0.15) is 12.8 Å². The average Bonchev–Trinajstić information content (AvgIpc) is 2.60. The van der Waals surface area contributed by atoms with E-state index in [4.69, 9.17) is 4.74 Å². The highest BCUT2D eigenvalue weighted by Gasteiger charge is 2.11. The lowest BCUT2D eigenvalue weighted by molar-refractivity contribution is 0.254. The third kappa shape index (κ3) is 1.59. The molecule has 0 radical (unpaired) electrons. The Balaban J connectivity index is 1.89. The molecule has 0 aromatic heterocycles. The lowest BCUT2D eigenvalue weighted by atomic mass is 10.4. The fourth-order valence-electron chi connectivity index (χ4n) is 1.51. The summed E-state index contributed by atoms with van der Waals surface area (Å²) < 4.78 is 5.32. The minimum Gasteiger partial charge on any atom is -0.476 e. The van der Waals surface area contributed by atoms with Crippen molar-refractivity contribution >= 4 is 0 Å². The molecule has 0 aromatic carbocycles. The van der Waals surface area contributed by atoms with E-state index in [1.807, 2.05) is 0 Å². The lowest BCUT2D eigenvalue weighted by Gasteiger charge is -2.11. The van der Waals surface area contributed by atoms with Crippen LogP contribution in [0.4, 0.5) is 0 Å². The highest BCUT2D eigenvalue weighted by molar-refractivity contribution is 4.95. The van der Waals surface area contributed by atoms with Crippen molar-refractivity contribution in [3.8, 4) is 0 Å². The monoisotopic (exact) mass is 154 g/mol. The van der Waals surface area contributed by atoms with Gasteiger partial charge in [-0.25, -0.2) is 0 Å². The second-order valence-corrected chi connectivity index (χ2v) is 3.01. The first-order valence-electron chi connectivity index (χ1n) is 4.28. The van der Waals surface area contributed by atoms with Crippen molar-refractivity contribution in [1.82, 2.24) is 10.2 Å². The Morgan fingerprint density at radius 3 is 2.82 bits per heavy atom. The van der Waals surface area contributed by atoms with E-state index in [-0.39, 0.29) is 0 Å². The molecule has 2 aliphatic rings. The average molecular weight is 154 g/mol. The van der Waals surface area contributed by atoms with Crippen molar-refractivity contribution in [2.75, 3.05) is 26.2 Å². The largest absolute Gasteiger partial charge is 0.476 e. The molecule has 0 bridgehead atoms. The van der Waals surface area contributed by atoms with Crippen LogP contribution in [0.5, 0.6) is 0 Å². The van der Waals surface area contributed by atoms with Crippen molar-refractivity contribution in [3.63, 3.8) is 0 Å². The van der Waals surface area contributed by atoms with Gasteiger partial charge in [-0.05, 0) is 12.8 Å². The number of likely N-dealkylation sites (tertiary alicyclic amines) is 1. The number of hydrogen-bond acceptors (Lipinski definition) is 3. The summed E-state index contributed by atoms with van der Waals surface area (Å²) in [6.07, 6.45) is 4.74. The molecule has 0 amide bonds. The number of hydrogen-bond donors (Lipinski definition) is 1. The van der Waals surface area contributed by atoms with Gasteiger partial charge in [0.05, 0.1) is 12.7 Å². The first-order chi connectivity index (χ1) is 5.45. The molecule has 62 valence electrons. The van der Waals surface area contributed by atoms with Crippen molar-refractivity contribution < 1.29 is 4.74 Å². The summed E-state index contributed by atoms with van der Waals surface area (Å²) in [6, 6.07) is 0. The van der Waals surface area contributed by atoms with Gasteiger partial charge in [-0.1, -0.05) is 0 Å². The molecule has 2 fully saturated rings. The first-order valence-corrected chi connectivity index (χ1v) is 4.28. The molecular formula is C8H14N2O. The molecule has 0 aromatic rings. The fraction of sp³-hybridized carbons (Fsp3) is 0.750. The Hall–Kier alpha value is -0.860. The normalized spacial score (nSPS) is 27.3. The zero-order valence-electron chi connectivity index (χ0n) is 6.68. The zero-order chi connectivity index (χ0) is 7.52. The van der Waals surface area contributed by atoms with Gasteiger partial charge in [0.1, 0.15) is 6.61 Å². The number of rotatable bonds is 1. The number of ether oxygens (including phenoxy) is 1. The Bertz CT molecular complexity index is 153. The quantitative estimate of drug-likeness (QED) is 0.595. The highest BCUT2D eigenvalue weighted by atomic mass is 16.5. The van der Waals surface area contributed by atoms with Gasteiger partial charge in [0.2, 0.25) is 5.88 Å². The summed E-state index contributed by atoms with van der Waals surface area (Å²) in [5.74, 6) is 0.951. The molecule has 2 aliphatic heterocycles. The van der Waals surface area contributed by atoms with E-state index in [2.05, 4.69) is 16.4 Å². The molecule has 2 heterocycles. The van der Waals surface area contributed by atoms with Crippen LogP contribution in [0.3, 0.4) is 0 Å². The van der Waals surface area contributed by atoms with Crippen molar-refractivity contribution in [2.45, 2.75) is 12.8 Å². The molecule has 0 saturated carbocycles. The van der Waals surface area contributed by atoms with E-state index < -0.39 is 0 Å². The Morgan fingerprint density at radius 2 is 2.18 bits per heavy atom. The fourth-order valence-corrected chi connectivity index (χ4v) is 1.51.